The van der Waals surface area contributed by atoms with E-state index in [0.29, 0.717) is 11.3 Å². The number of nitrogens with one attached hydrogen (secondary N) is 3. The molecule has 0 heterocycles. The molecule has 0 aliphatic rings. The lowest BCUT2D eigenvalue weighted by Crippen LogP contribution is -2.53. The van der Waals surface area contributed by atoms with Crippen LogP contribution in [0.15, 0.2) is 84.9 Å². The Hall–Kier alpha value is -4.46. The average molecular weight is 474 g/mol. The standard InChI is InChI=1S/C27H27N3O5/c1-18(31)28-22-14-12-21(13-15-22)25(32)29-23(16-19-8-4-2-5-9-19)26(33)30-24(27(34)35)17-20-10-6-3-7-11-20/h2-15,23-24H,16-17H2,1H3,(H,28,31)(H,29,32)(H,30,33)(H,34,35)/t23-,24-/m0/s1. The van der Waals surface area contributed by atoms with E-state index in [2.05, 4.69) is 16.0 Å². The van der Waals surface area contributed by atoms with Crippen LogP contribution in [-0.2, 0) is 27.2 Å². The zero-order valence-corrected chi connectivity index (χ0v) is 19.2. The number of carboxylic acids is 1. The number of benzene rings is 3. The summed E-state index contributed by atoms with van der Waals surface area (Å²) in [5, 5.41) is 17.6. The lowest BCUT2D eigenvalue weighted by atomic mass is 10.0. The maximum atomic E-state index is 13.2. The quantitative estimate of drug-likeness (QED) is 0.360. The summed E-state index contributed by atoms with van der Waals surface area (Å²) in [6.07, 6.45) is 0.290. The van der Waals surface area contributed by atoms with Gasteiger partial charge >= 0.3 is 5.97 Å². The van der Waals surface area contributed by atoms with Gasteiger partial charge in [0, 0.05) is 31.0 Å². The molecule has 0 unspecified atom stereocenters. The van der Waals surface area contributed by atoms with E-state index in [0.717, 1.165) is 11.1 Å². The van der Waals surface area contributed by atoms with Crippen molar-refractivity contribution in [3.05, 3.63) is 102 Å². The number of aliphatic carboxylic acids is 1. The molecule has 0 bridgehead atoms. The van der Waals surface area contributed by atoms with E-state index in [1.54, 1.807) is 36.4 Å². The van der Waals surface area contributed by atoms with Gasteiger partial charge in [0.25, 0.3) is 5.91 Å². The minimum Gasteiger partial charge on any atom is -0.480 e. The molecule has 3 amide bonds. The first-order valence-corrected chi connectivity index (χ1v) is 11.1. The SMILES string of the molecule is CC(=O)Nc1ccc(C(=O)N[C@@H](Cc2ccccc2)C(=O)N[C@@H](Cc2ccccc2)C(=O)O)cc1. The molecule has 3 aromatic rings. The van der Waals surface area contributed by atoms with Gasteiger partial charge in [0.05, 0.1) is 0 Å². The van der Waals surface area contributed by atoms with E-state index in [1.807, 2.05) is 36.4 Å². The van der Waals surface area contributed by atoms with Gasteiger partial charge in [-0.2, -0.15) is 0 Å². The second-order valence-electron chi connectivity index (χ2n) is 8.06. The summed E-state index contributed by atoms with van der Waals surface area (Å²) in [6, 6.07) is 22.2. The molecular weight excluding hydrogens is 446 g/mol. The van der Waals surface area contributed by atoms with Crippen LogP contribution in [0.5, 0.6) is 0 Å². The number of rotatable bonds is 10. The summed E-state index contributed by atoms with van der Waals surface area (Å²) in [5.74, 6) is -2.49. The Morgan fingerprint density at radius 3 is 1.71 bits per heavy atom. The molecule has 0 aliphatic carbocycles. The molecule has 2 atom stereocenters. The van der Waals surface area contributed by atoms with Gasteiger partial charge in [-0.15, -0.1) is 0 Å². The fourth-order valence-electron chi connectivity index (χ4n) is 3.53. The summed E-state index contributed by atoms with van der Waals surface area (Å²) in [6.45, 7) is 1.38. The molecule has 8 heteroatoms. The Labute approximate surface area is 203 Å². The molecule has 4 N–H and O–H groups in total. The predicted octanol–water partition coefficient (Wildman–Crippen LogP) is 2.80. The van der Waals surface area contributed by atoms with Crippen LogP contribution >= 0.6 is 0 Å². The summed E-state index contributed by atoms with van der Waals surface area (Å²) < 4.78 is 0. The van der Waals surface area contributed by atoms with Gasteiger partial charge in [0.15, 0.2) is 0 Å². The maximum Gasteiger partial charge on any atom is 0.326 e. The Morgan fingerprint density at radius 1 is 0.714 bits per heavy atom. The van der Waals surface area contributed by atoms with E-state index >= 15 is 0 Å². The van der Waals surface area contributed by atoms with Gasteiger partial charge in [-0.1, -0.05) is 60.7 Å². The van der Waals surface area contributed by atoms with E-state index in [9.17, 15) is 24.3 Å². The van der Waals surface area contributed by atoms with E-state index < -0.39 is 29.9 Å². The van der Waals surface area contributed by atoms with E-state index in [4.69, 9.17) is 0 Å². The molecule has 0 aliphatic heterocycles. The molecule has 35 heavy (non-hydrogen) atoms. The van der Waals surface area contributed by atoms with Crippen LogP contribution in [-0.4, -0.2) is 40.9 Å². The number of anilines is 1. The third kappa shape index (κ3) is 7.82. The number of carboxylic acid groups (broad SMARTS) is 1. The second-order valence-corrected chi connectivity index (χ2v) is 8.06. The second kappa shape index (κ2) is 12.1. The summed E-state index contributed by atoms with van der Waals surface area (Å²) >= 11 is 0. The molecule has 0 spiro atoms. The minimum absolute atomic E-state index is 0.110. The first-order valence-electron chi connectivity index (χ1n) is 11.1. The van der Waals surface area contributed by atoms with E-state index in [-0.39, 0.29) is 18.7 Å². The van der Waals surface area contributed by atoms with Crippen molar-refractivity contribution in [1.82, 2.24) is 10.6 Å². The highest BCUT2D eigenvalue weighted by atomic mass is 16.4. The fourth-order valence-corrected chi connectivity index (χ4v) is 3.53. The summed E-state index contributed by atoms with van der Waals surface area (Å²) in [4.78, 5) is 49.1. The minimum atomic E-state index is -1.17. The van der Waals surface area contributed by atoms with Crippen LogP contribution in [0.4, 0.5) is 5.69 Å². The number of hydrogen-bond donors (Lipinski definition) is 4. The van der Waals surface area contributed by atoms with Crippen molar-refractivity contribution in [3.63, 3.8) is 0 Å². The lowest BCUT2D eigenvalue weighted by molar-refractivity contribution is -0.142. The molecule has 0 aromatic heterocycles. The van der Waals surface area contributed by atoms with Crippen LogP contribution in [0, 0.1) is 0 Å². The van der Waals surface area contributed by atoms with Gasteiger partial charge < -0.3 is 21.1 Å². The van der Waals surface area contributed by atoms with Crippen molar-refractivity contribution in [2.24, 2.45) is 0 Å². The molecule has 8 nitrogen and oxygen atoms in total. The Bertz CT molecular complexity index is 1160. The Morgan fingerprint density at radius 2 is 1.23 bits per heavy atom. The number of carbonyl (C=O) groups excluding carboxylic acids is 3. The maximum absolute atomic E-state index is 13.2. The molecule has 3 rings (SSSR count). The fraction of sp³-hybridized carbons (Fsp3) is 0.185. The molecule has 0 fully saturated rings. The largest absolute Gasteiger partial charge is 0.480 e. The summed E-state index contributed by atoms with van der Waals surface area (Å²) in [5.41, 5.74) is 2.41. The predicted molar refractivity (Wildman–Crippen MR) is 132 cm³/mol. The third-order valence-corrected chi connectivity index (χ3v) is 5.27. The van der Waals surface area contributed by atoms with Crippen molar-refractivity contribution >= 4 is 29.4 Å². The highest BCUT2D eigenvalue weighted by Crippen LogP contribution is 2.11. The molecule has 3 aromatic carbocycles. The van der Waals surface area contributed by atoms with Gasteiger partial charge in [0.2, 0.25) is 11.8 Å². The van der Waals surface area contributed by atoms with Crippen LogP contribution < -0.4 is 16.0 Å². The van der Waals surface area contributed by atoms with Crippen molar-refractivity contribution in [1.29, 1.82) is 0 Å². The molecule has 0 saturated heterocycles. The average Bonchev–Trinajstić information content (AvgIpc) is 2.84. The van der Waals surface area contributed by atoms with Crippen molar-refractivity contribution in [2.45, 2.75) is 31.8 Å². The van der Waals surface area contributed by atoms with Crippen LogP contribution in [0.1, 0.15) is 28.4 Å². The zero-order chi connectivity index (χ0) is 25.2. The highest BCUT2D eigenvalue weighted by molar-refractivity contribution is 5.99. The highest BCUT2D eigenvalue weighted by Gasteiger charge is 2.27. The van der Waals surface area contributed by atoms with Crippen molar-refractivity contribution in [3.8, 4) is 0 Å². The first-order chi connectivity index (χ1) is 16.8. The Kier molecular flexibility index (Phi) is 8.72. The van der Waals surface area contributed by atoms with Gasteiger partial charge in [-0.05, 0) is 35.4 Å². The van der Waals surface area contributed by atoms with Crippen molar-refractivity contribution in [2.75, 3.05) is 5.32 Å². The number of hydrogen-bond acceptors (Lipinski definition) is 4. The topological polar surface area (TPSA) is 125 Å². The smallest absolute Gasteiger partial charge is 0.326 e. The zero-order valence-electron chi connectivity index (χ0n) is 19.2. The number of amides is 3. The van der Waals surface area contributed by atoms with Gasteiger partial charge in [-0.25, -0.2) is 4.79 Å². The molecular formula is C27H27N3O5. The van der Waals surface area contributed by atoms with Crippen LogP contribution in [0.25, 0.3) is 0 Å². The van der Waals surface area contributed by atoms with Gasteiger partial charge in [-0.3, -0.25) is 14.4 Å². The van der Waals surface area contributed by atoms with Crippen molar-refractivity contribution < 1.29 is 24.3 Å². The third-order valence-electron chi connectivity index (χ3n) is 5.27. The molecule has 0 saturated carbocycles. The van der Waals surface area contributed by atoms with Gasteiger partial charge in [0.1, 0.15) is 12.1 Å². The van der Waals surface area contributed by atoms with E-state index in [1.165, 1.54) is 19.1 Å². The Balaban J connectivity index is 1.76. The molecule has 0 radical (unpaired) electrons. The molecule has 180 valence electrons. The number of carbonyl (C=O) groups is 4. The summed E-state index contributed by atoms with van der Waals surface area (Å²) in [7, 11) is 0. The van der Waals surface area contributed by atoms with Crippen LogP contribution in [0.3, 0.4) is 0 Å². The lowest BCUT2D eigenvalue weighted by Gasteiger charge is -2.22. The van der Waals surface area contributed by atoms with Crippen LogP contribution in [0.2, 0.25) is 0 Å². The normalized spacial score (nSPS) is 12.1. The monoisotopic (exact) mass is 473 g/mol. The first kappa shape index (κ1) is 25.2.